The first-order chi connectivity index (χ1) is 23.7. The second kappa shape index (κ2) is 14.3. The summed E-state index contributed by atoms with van der Waals surface area (Å²) in [6.45, 7) is 5.45. The highest BCUT2D eigenvalue weighted by atomic mass is 32.2. The number of carbonyl (C=O) groups is 1. The van der Waals surface area contributed by atoms with Gasteiger partial charge in [0, 0.05) is 73.3 Å². The Morgan fingerprint density at radius 2 is 1.92 bits per heavy atom. The van der Waals surface area contributed by atoms with Crippen molar-refractivity contribution in [3.8, 4) is 11.3 Å². The summed E-state index contributed by atoms with van der Waals surface area (Å²) in [5.41, 5.74) is 3.84. The van der Waals surface area contributed by atoms with Crippen molar-refractivity contribution in [2.24, 2.45) is 0 Å². The number of nitrogens with zero attached hydrogens (tertiary/aromatic N) is 5. The molecule has 50 heavy (non-hydrogen) atoms. The van der Waals surface area contributed by atoms with Gasteiger partial charge in [-0.3, -0.25) is 9.48 Å². The van der Waals surface area contributed by atoms with E-state index in [0.717, 1.165) is 55.0 Å². The number of fused-ring (bicyclic) bond motifs is 2. The van der Waals surface area contributed by atoms with Crippen LogP contribution in [0.15, 0.2) is 54.4 Å². The molecule has 1 saturated heterocycles. The van der Waals surface area contributed by atoms with Crippen LogP contribution in [0.1, 0.15) is 60.6 Å². The third-order valence-electron chi connectivity index (χ3n) is 9.49. The molecule has 15 heteroatoms. The molecule has 3 aromatic heterocycles. The number of aliphatic hydroxyl groups is 1. The zero-order valence-electron chi connectivity index (χ0n) is 28.3. The van der Waals surface area contributed by atoms with E-state index in [1.54, 1.807) is 24.7 Å². The molecule has 1 aromatic carbocycles. The number of aromatic nitrogens is 4. The van der Waals surface area contributed by atoms with Gasteiger partial charge in [0.2, 0.25) is 15.9 Å². The van der Waals surface area contributed by atoms with Crippen LogP contribution < -0.4 is 5.32 Å². The van der Waals surface area contributed by atoms with Gasteiger partial charge in [0.05, 0.1) is 30.2 Å². The van der Waals surface area contributed by atoms with Crippen molar-refractivity contribution in [3.63, 3.8) is 0 Å². The number of H-pyrrole nitrogens is 1. The Morgan fingerprint density at radius 3 is 2.62 bits per heavy atom. The molecule has 4 aromatic rings. The van der Waals surface area contributed by atoms with Gasteiger partial charge in [-0.25, -0.2) is 13.4 Å². The van der Waals surface area contributed by atoms with E-state index in [1.165, 1.54) is 28.1 Å². The van der Waals surface area contributed by atoms with E-state index in [4.69, 9.17) is 5.10 Å². The van der Waals surface area contributed by atoms with Crippen LogP contribution in [0.3, 0.4) is 0 Å². The minimum Gasteiger partial charge on any atom is -0.390 e. The van der Waals surface area contributed by atoms with E-state index in [1.807, 2.05) is 12.3 Å². The Labute approximate surface area is 289 Å². The molecule has 0 radical (unpaired) electrons. The monoisotopic (exact) mass is 713 g/mol. The van der Waals surface area contributed by atoms with E-state index in [0.29, 0.717) is 41.3 Å². The van der Waals surface area contributed by atoms with Crippen molar-refractivity contribution >= 4 is 27.0 Å². The maximum atomic E-state index is 14.0. The van der Waals surface area contributed by atoms with Crippen molar-refractivity contribution < 1.29 is 31.5 Å². The summed E-state index contributed by atoms with van der Waals surface area (Å²) < 4.78 is 70.1. The number of sulfonamides is 1. The van der Waals surface area contributed by atoms with Crippen LogP contribution in [0.4, 0.5) is 13.2 Å². The number of carbonyl (C=O) groups excluding carboxylic acids is 1. The van der Waals surface area contributed by atoms with Gasteiger partial charge in [-0.1, -0.05) is 11.6 Å². The summed E-state index contributed by atoms with van der Waals surface area (Å²) in [4.78, 5) is 22.1. The van der Waals surface area contributed by atoms with Crippen molar-refractivity contribution in [1.82, 2.24) is 34.3 Å². The van der Waals surface area contributed by atoms with Crippen molar-refractivity contribution in [3.05, 3.63) is 82.3 Å². The van der Waals surface area contributed by atoms with Gasteiger partial charge in [0.15, 0.2) is 0 Å². The molecule has 0 bridgehead atoms. The lowest BCUT2D eigenvalue weighted by Crippen LogP contribution is -2.40. The van der Waals surface area contributed by atoms with Crippen LogP contribution in [0, 0.1) is 0 Å². The van der Waals surface area contributed by atoms with E-state index in [-0.39, 0.29) is 31.7 Å². The largest absolute Gasteiger partial charge is 0.416 e. The van der Waals surface area contributed by atoms with Crippen molar-refractivity contribution in [2.45, 2.75) is 70.9 Å². The molecule has 5 heterocycles. The molecule has 0 spiro atoms. The van der Waals surface area contributed by atoms with E-state index in [9.17, 15) is 31.5 Å². The van der Waals surface area contributed by atoms with Crippen LogP contribution in [0.2, 0.25) is 0 Å². The van der Waals surface area contributed by atoms with E-state index < -0.39 is 33.8 Å². The molecule has 1 amide bonds. The third-order valence-corrected chi connectivity index (χ3v) is 10.7. The second-order valence-corrected chi connectivity index (χ2v) is 15.5. The average molecular weight is 714 g/mol. The van der Waals surface area contributed by atoms with Crippen LogP contribution in [-0.4, -0.2) is 86.9 Å². The Bertz CT molecular complexity index is 2010. The molecule has 0 aliphatic carbocycles. The number of halogens is 3. The number of aromatic amines is 1. The summed E-state index contributed by atoms with van der Waals surface area (Å²) in [6, 6.07) is 7.65. The molecule has 1 fully saturated rings. The minimum atomic E-state index is -4.66. The maximum absolute atomic E-state index is 14.0. The SMILES string of the molecule is CC(C)=CC(=O)NCc1cc(-c2nn(CC(O)CN3CCC(c4c[nH]c5ncccc45)CC3)c3c2CN(S(C)(=O)=O)CC3)ccc1C(F)(F)F. The van der Waals surface area contributed by atoms with Gasteiger partial charge in [0.1, 0.15) is 5.65 Å². The summed E-state index contributed by atoms with van der Waals surface area (Å²) >= 11 is 0. The predicted molar refractivity (Wildman–Crippen MR) is 183 cm³/mol. The summed E-state index contributed by atoms with van der Waals surface area (Å²) in [5, 5.41) is 19.7. The number of nitrogens with one attached hydrogen (secondary N) is 2. The fraction of sp³-hybridized carbons (Fsp3) is 0.457. The Morgan fingerprint density at radius 1 is 1.16 bits per heavy atom. The fourth-order valence-corrected chi connectivity index (χ4v) is 7.87. The molecule has 6 rings (SSSR count). The van der Waals surface area contributed by atoms with Gasteiger partial charge in [0.25, 0.3) is 0 Å². The second-order valence-electron chi connectivity index (χ2n) is 13.5. The smallest absolute Gasteiger partial charge is 0.390 e. The highest BCUT2D eigenvalue weighted by Gasteiger charge is 2.35. The fourth-order valence-electron chi connectivity index (χ4n) is 7.09. The number of hydrogen-bond acceptors (Lipinski definition) is 7. The van der Waals surface area contributed by atoms with Gasteiger partial charge >= 0.3 is 6.18 Å². The molecule has 2 aliphatic rings. The lowest BCUT2D eigenvalue weighted by molar-refractivity contribution is -0.138. The molecule has 1 atom stereocenters. The number of rotatable bonds is 10. The Kier molecular flexibility index (Phi) is 10.2. The topological polar surface area (TPSA) is 136 Å². The number of aliphatic hydroxyl groups excluding tert-OH is 1. The van der Waals surface area contributed by atoms with Crippen molar-refractivity contribution in [2.75, 3.05) is 32.4 Å². The quantitative estimate of drug-likeness (QED) is 0.205. The number of likely N-dealkylation sites (tertiary alicyclic amines) is 1. The Hall–Kier alpha value is -4.05. The van der Waals surface area contributed by atoms with Crippen LogP contribution in [0.5, 0.6) is 0 Å². The molecule has 0 saturated carbocycles. The molecule has 3 N–H and O–H groups in total. The number of allylic oxidation sites excluding steroid dienone is 1. The third kappa shape index (κ3) is 7.96. The summed E-state index contributed by atoms with van der Waals surface area (Å²) in [5.74, 6) is -0.128. The van der Waals surface area contributed by atoms with Gasteiger partial charge in [-0.05, 0) is 81.1 Å². The average Bonchev–Trinajstić information content (AvgIpc) is 3.64. The number of β-amino-alcohol motifs (C(OH)–C–C–N with tert-alkyl or cyclic N) is 1. The Balaban J connectivity index is 1.22. The predicted octanol–water partition coefficient (Wildman–Crippen LogP) is 4.59. The first-order valence-electron chi connectivity index (χ1n) is 16.7. The van der Waals surface area contributed by atoms with Gasteiger partial charge < -0.3 is 20.3 Å². The lowest BCUT2D eigenvalue weighted by Gasteiger charge is -2.33. The number of alkyl halides is 3. The first kappa shape index (κ1) is 35.8. The molecular weight excluding hydrogens is 671 g/mol. The number of hydrogen-bond donors (Lipinski definition) is 3. The molecular formula is C35H42F3N7O4S. The zero-order valence-corrected chi connectivity index (χ0v) is 29.1. The van der Waals surface area contributed by atoms with Crippen LogP contribution in [0.25, 0.3) is 22.3 Å². The van der Waals surface area contributed by atoms with Gasteiger partial charge in [-0.15, -0.1) is 0 Å². The summed E-state index contributed by atoms with van der Waals surface area (Å²) in [7, 11) is -3.56. The maximum Gasteiger partial charge on any atom is 0.416 e. The van der Waals surface area contributed by atoms with E-state index in [2.05, 4.69) is 26.3 Å². The van der Waals surface area contributed by atoms with Crippen LogP contribution in [-0.2, 0) is 47.0 Å². The minimum absolute atomic E-state index is 0.00410. The normalized spacial score (nSPS) is 17.1. The molecule has 1 unspecified atom stereocenters. The van der Waals surface area contributed by atoms with Crippen LogP contribution >= 0.6 is 0 Å². The number of amides is 1. The molecule has 11 nitrogen and oxygen atoms in total. The lowest BCUT2D eigenvalue weighted by atomic mass is 9.89. The zero-order chi connectivity index (χ0) is 35.8. The standard InChI is InChI=1S/C35H42F3N7O4S/c1-22(2)15-32(47)40-17-25-16-24(6-7-30(25)35(36,37)38)33-29-21-44(50(3,48)49)14-10-31(29)45(42-33)20-26(46)19-43-12-8-23(9-13-43)28-18-41-34-27(28)5-4-11-39-34/h4-7,11,15-16,18,23,26,46H,8-10,12-14,17,19-21H2,1-3H3,(H,39,41)(H,40,47). The number of benzene rings is 1. The number of pyridine rings is 1. The van der Waals surface area contributed by atoms with E-state index >= 15 is 0 Å². The summed E-state index contributed by atoms with van der Waals surface area (Å²) in [6.07, 6.45) is 2.98. The van der Waals surface area contributed by atoms with Gasteiger partial charge in [-0.2, -0.15) is 22.6 Å². The molecule has 2 aliphatic heterocycles. The highest BCUT2D eigenvalue weighted by molar-refractivity contribution is 7.88. The van der Waals surface area contributed by atoms with Crippen molar-refractivity contribution in [1.29, 1.82) is 0 Å². The highest BCUT2D eigenvalue weighted by Crippen LogP contribution is 2.37. The molecule has 268 valence electrons. The first-order valence-corrected chi connectivity index (χ1v) is 18.5. The number of piperidine rings is 1.